The first-order valence-corrected chi connectivity index (χ1v) is 12.8. The zero-order valence-electron chi connectivity index (χ0n) is 20.2. The first-order valence-electron chi connectivity index (χ1n) is 12.0. The van der Waals surface area contributed by atoms with E-state index in [0.717, 1.165) is 24.0 Å². The Morgan fingerprint density at radius 3 is 2.20 bits per heavy atom. The van der Waals surface area contributed by atoms with E-state index in [-0.39, 0.29) is 29.0 Å². The maximum absolute atomic E-state index is 13.7. The lowest BCUT2D eigenvalue weighted by molar-refractivity contribution is 0.0580. The van der Waals surface area contributed by atoms with E-state index in [4.69, 9.17) is 9.47 Å². The van der Waals surface area contributed by atoms with Crippen molar-refractivity contribution in [2.24, 2.45) is 0 Å². The van der Waals surface area contributed by atoms with Crippen LogP contribution in [0.1, 0.15) is 53.3 Å². The van der Waals surface area contributed by atoms with Crippen molar-refractivity contribution >= 4 is 21.8 Å². The number of methoxy groups -OCH3 is 1. The molecule has 35 heavy (non-hydrogen) atoms. The largest absolute Gasteiger partial charge is 0.487 e. The van der Waals surface area contributed by atoms with Crippen LogP contribution in [0, 0.1) is 0 Å². The monoisotopic (exact) mass is 538 g/mol. The van der Waals surface area contributed by atoms with Crippen LogP contribution in [0.25, 0.3) is 0 Å². The highest BCUT2D eigenvalue weighted by atomic mass is 79.9. The smallest absolute Gasteiger partial charge is 0.274 e. The molecule has 1 atom stereocenters. The zero-order valence-corrected chi connectivity index (χ0v) is 21.7. The van der Waals surface area contributed by atoms with E-state index in [9.17, 15) is 9.59 Å². The summed E-state index contributed by atoms with van der Waals surface area (Å²) in [6.45, 7) is 3.76. The molecule has 0 N–H and O–H groups in total. The number of hydrogen-bond donors (Lipinski definition) is 0. The molecule has 1 aliphatic heterocycles. The molecule has 0 bridgehead atoms. The number of amides is 1. The lowest BCUT2D eigenvalue weighted by atomic mass is 9.83. The molecule has 6 nitrogen and oxygen atoms in total. The van der Waals surface area contributed by atoms with Crippen LogP contribution in [0.3, 0.4) is 0 Å². The third kappa shape index (κ3) is 5.36. The van der Waals surface area contributed by atoms with Crippen LogP contribution in [0.4, 0.5) is 0 Å². The molecule has 3 aromatic rings. The van der Waals surface area contributed by atoms with Gasteiger partial charge in [0, 0.05) is 32.3 Å². The molecule has 0 fully saturated rings. The minimum atomic E-state index is -0.302. The van der Waals surface area contributed by atoms with E-state index in [1.165, 1.54) is 0 Å². The van der Waals surface area contributed by atoms with Crippen molar-refractivity contribution in [3.05, 3.63) is 98.4 Å². The fourth-order valence-corrected chi connectivity index (χ4v) is 5.07. The van der Waals surface area contributed by atoms with E-state index in [0.29, 0.717) is 36.5 Å². The van der Waals surface area contributed by atoms with Crippen LogP contribution in [-0.2, 0) is 4.74 Å². The Morgan fingerprint density at radius 1 is 1.00 bits per heavy atom. The van der Waals surface area contributed by atoms with Gasteiger partial charge in [0.2, 0.25) is 5.43 Å². The first kappa shape index (κ1) is 25.2. The molecule has 0 spiro atoms. The van der Waals surface area contributed by atoms with Gasteiger partial charge in [-0.15, -0.1) is 0 Å². The van der Waals surface area contributed by atoms with Gasteiger partial charge in [-0.1, -0.05) is 74.0 Å². The summed E-state index contributed by atoms with van der Waals surface area (Å²) in [4.78, 5) is 28.6. The number of carbonyl (C=O) groups excluding carboxylic acids is 1. The quantitative estimate of drug-likeness (QED) is 0.330. The maximum atomic E-state index is 13.7. The van der Waals surface area contributed by atoms with Crippen LogP contribution >= 0.6 is 15.9 Å². The summed E-state index contributed by atoms with van der Waals surface area (Å²) in [6.07, 6.45) is 3.48. The van der Waals surface area contributed by atoms with Crippen molar-refractivity contribution in [2.45, 2.75) is 31.7 Å². The predicted octanol–water partition coefficient (Wildman–Crippen LogP) is 5.27. The summed E-state index contributed by atoms with van der Waals surface area (Å²) in [5.74, 6) is -0.147. The van der Waals surface area contributed by atoms with Crippen LogP contribution < -0.4 is 10.2 Å². The van der Waals surface area contributed by atoms with E-state index >= 15 is 0 Å². The molecular formula is C28H31BrN2O4. The molecule has 2 aromatic carbocycles. The Morgan fingerprint density at radius 2 is 1.63 bits per heavy atom. The first-order chi connectivity index (χ1) is 17.1. The van der Waals surface area contributed by atoms with E-state index in [1.807, 2.05) is 41.0 Å². The van der Waals surface area contributed by atoms with Gasteiger partial charge in [0.1, 0.15) is 0 Å². The summed E-state index contributed by atoms with van der Waals surface area (Å²) < 4.78 is 13.6. The van der Waals surface area contributed by atoms with Crippen LogP contribution in [0.2, 0.25) is 0 Å². The number of halogens is 1. The van der Waals surface area contributed by atoms with Crippen molar-refractivity contribution in [1.29, 1.82) is 0 Å². The van der Waals surface area contributed by atoms with Gasteiger partial charge in [0.05, 0.1) is 23.7 Å². The van der Waals surface area contributed by atoms with Gasteiger partial charge in [0.15, 0.2) is 11.4 Å². The molecule has 2 heterocycles. The molecule has 0 aliphatic carbocycles. The molecule has 1 amide bonds. The second kappa shape index (κ2) is 11.7. The van der Waals surface area contributed by atoms with Crippen molar-refractivity contribution in [3.63, 3.8) is 0 Å². The molecule has 7 heteroatoms. The van der Waals surface area contributed by atoms with Crippen molar-refractivity contribution in [1.82, 2.24) is 9.47 Å². The zero-order chi connectivity index (χ0) is 24.8. The Labute approximate surface area is 214 Å². The number of fused-ring (bicyclic) bond motifs is 1. The molecule has 0 saturated heterocycles. The Kier molecular flexibility index (Phi) is 8.42. The summed E-state index contributed by atoms with van der Waals surface area (Å²) in [5.41, 5.74) is 2.28. The summed E-state index contributed by atoms with van der Waals surface area (Å²) in [5, 5.41) is 0. The minimum absolute atomic E-state index is 0.0489. The number of nitrogens with zero attached hydrogens (tertiary/aromatic N) is 2. The lowest BCUT2D eigenvalue weighted by Crippen LogP contribution is -2.47. The number of unbranched alkanes of at least 4 members (excludes halogenated alkanes) is 1. The molecule has 4 rings (SSSR count). The molecule has 184 valence electrons. The van der Waals surface area contributed by atoms with Gasteiger partial charge in [-0.05, 0) is 33.5 Å². The molecule has 1 aromatic heterocycles. The number of pyridine rings is 1. The number of benzene rings is 2. The average molecular weight is 539 g/mol. The number of aromatic nitrogens is 1. The van der Waals surface area contributed by atoms with E-state index in [2.05, 4.69) is 47.1 Å². The van der Waals surface area contributed by atoms with Crippen LogP contribution in [-0.4, -0.2) is 48.8 Å². The highest BCUT2D eigenvalue weighted by molar-refractivity contribution is 9.10. The van der Waals surface area contributed by atoms with Gasteiger partial charge in [-0.2, -0.15) is 0 Å². The van der Waals surface area contributed by atoms with Gasteiger partial charge < -0.3 is 18.9 Å². The number of rotatable bonds is 10. The number of ether oxygens (including phenoxy) is 2. The van der Waals surface area contributed by atoms with Crippen LogP contribution in [0.5, 0.6) is 5.75 Å². The standard InChI is InChI=1S/C28H31BrN2O4/c1-3-4-16-35-27-25-28(33)30(15-17-34-2)19-23(31(25)18-22(29)26(27)32)24(20-11-7-5-8-12-20)21-13-9-6-10-14-21/h5-14,18,23-24H,3-4,15-17,19H2,1-2H3/t23-/m1/s1. The van der Waals surface area contributed by atoms with Gasteiger partial charge >= 0.3 is 0 Å². The summed E-state index contributed by atoms with van der Waals surface area (Å²) in [6, 6.07) is 20.4. The van der Waals surface area contributed by atoms with Gasteiger partial charge in [0.25, 0.3) is 5.91 Å². The minimum Gasteiger partial charge on any atom is -0.487 e. The second-order valence-corrected chi connectivity index (χ2v) is 9.56. The lowest BCUT2D eigenvalue weighted by Gasteiger charge is -2.40. The normalized spacial score (nSPS) is 15.4. The topological polar surface area (TPSA) is 60.8 Å². The average Bonchev–Trinajstić information content (AvgIpc) is 2.88. The second-order valence-electron chi connectivity index (χ2n) is 8.70. The molecule has 0 radical (unpaired) electrons. The van der Waals surface area contributed by atoms with E-state index in [1.54, 1.807) is 18.2 Å². The van der Waals surface area contributed by atoms with Gasteiger partial charge in [-0.25, -0.2) is 0 Å². The summed E-state index contributed by atoms with van der Waals surface area (Å²) >= 11 is 3.44. The fraction of sp³-hybridized carbons (Fsp3) is 0.357. The highest BCUT2D eigenvalue weighted by Gasteiger charge is 2.39. The Hall–Kier alpha value is -2.90. The molecule has 0 saturated carbocycles. The third-order valence-corrected chi connectivity index (χ3v) is 6.98. The Balaban J connectivity index is 1.92. The summed E-state index contributed by atoms with van der Waals surface area (Å²) in [7, 11) is 1.62. The number of hydrogen-bond acceptors (Lipinski definition) is 4. The van der Waals surface area contributed by atoms with Crippen molar-refractivity contribution in [3.8, 4) is 5.75 Å². The third-order valence-electron chi connectivity index (χ3n) is 6.42. The SMILES string of the molecule is CCCCOc1c2n(cc(Br)c1=O)[C@@H](C(c1ccccc1)c1ccccc1)CN(CCOC)C2=O. The number of carbonyl (C=O) groups is 1. The van der Waals surface area contributed by atoms with E-state index < -0.39 is 0 Å². The van der Waals surface area contributed by atoms with Crippen LogP contribution in [0.15, 0.2) is 76.1 Å². The predicted molar refractivity (Wildman–Crippen MR) is 140 cm³/mol. The molecule has 0 unspecified atom stereocenters. The molecule has 1 aliphatic rings. The van der Waals surface area contributed by atoms with Gasteiger partial charge in [-0.3, -0.25) is 9.59 Å². The highest BCUT2D eigenvalue weighted by Crippen LogP contribution is 2.40. The van der Waals surface area contributed by atoms with Crippen molar-refractivity contribution in [2.75, 3.05) is 33.4 Å². The van der Waals surface area contributed by atoms with Crippen molar-refractivity contribution < 1.29 is 14.3 Å². The maximum Gasteiger partial charge on any atom is 0.274 e. The fourth-order valence-electron chi connectivity index (χ4n) is 4.66. The Bertz CT molecular complexity index is 1160. The molecular weight excluding hydrogens is 508 g/mol.